The number of nitrogens with two attached hydrogens (primary N) is 1. The van der Waals surface area contributed by atoms with Gasteiger partial charge in [-0.05, 0) is 71.5 Å². The average molecular weight is 495 g/mol. The maximum Gasteiger partial charge on any atom is 0.339 e. The lowest BCUT2D eigenvalue weighted by Gasteiger charge is -2.13. The standard InChI is InChI=1S/C30H26N2O5/c1-35-25-13-10-18(16-26(25)36-2)14-20-11-12-23-27(22-8-3-4-9-24(22)32-28(20)23)30(34)37-17-19-6-5-7-21(15-19)29(31)33/h3-10,13-16H,11-12,17H2,1-2H3,(H2,31,33)/b20-14+. The van der Waals surface area contributed by atoms with E-state index >= 15 is 0 Å². The summed E-state index contributed by atoms with van der Waals surface area (Å²) in [5, 5.41) is 0.754. The van der Waals surface area contributed by atoms with Crippen LogP contribution in [0.25, 0.3) is 22.6 Å². The Labute approximate surface area is 214 Å². The van der Waals surface area contributed by atoms with Gasteiger partial charge in [0.25, 0.3) is 0 Å². The Balaban J connectivity index is 1.51. The molecule has 0 unspecified atom stereocenters. The molecule has 7 nitrogen and oxygen atoms in total. The fourth-order valence-corrected chi connectivity index (χ4v) is 4.69. The number of hydrogen-bond acceptors (Lipinski definition) is 6. The molecule has 1 aliphatic carbocycles. The maximum absolute atomic E-state index is 13.4. The fourth-order valence-electron chi connectivity index (χ4n) is 4.69. The van der Waals surface area contributed by atoms with E-state index in [9.17, 15) is 9.59 Å². The van der Waals surface area contributed by atoms with Crippen LogP contribution in [0.5, 0.6) is 11.5 Å². The molecular formula is C30H26N2O5. The zero-order valence-electron chi connectivity index (χ0n) is 20.6. The Morgan fingerprint density at radius 1 is 0.946 bits per heavy atom. The largest absolute Gasteiger partial charge is 0.493 e. The number of allylic oxidation sites excluding steroid dienone is 1. The number of aromatic nitrogens is 1. The van der Waals surface area contributed by atoms with Crippen LogP contribution in [0, 0.1) is 0 Å². The zero-order chi connectivity index (χ0) is 25.9. The molecule has 0 fully saturated rings. The van der Waals surface area contributed by atoms with E-state index in [0.717, 1.165) is 39.7 Å². The normalized spacial score (nSPS) is 13.4. The molecule has 7 heteroatoms. The second-order valence-corrected chi connectivity index (χ2v) is 8.76. The number of benzene rings is 3. The van der Waals surface area contributed by atoms with Crippen LogP contribution in [-0.2, 0) is 17.8 Å². The first kappa shape index (κ1) is 24.1. The van der Waals surface area contributed by atoms with Crippen LogP contribution in [0.3, 0.4) is 0 Å². The SMILES string of the molecule is COc1ccc(/C=C2\CCc3c2nc2ccccc2c3C(=O)OCc2cccc(C(N)=O)c2)cc1OC. The Morgan fingerprint density at radius 3 is 2.54 bits per heavy atom. The quantitative estimate of drug-likeness (QED) is 0.355. The molecular weight excluding hydrogens is 468 g/mol. The van der Waals surface area contributed by atoms with Gasteiger partial charge in [-0.2, -0.15) is 0 Å². The lowest BCUT2D eigenvalue weighted by molar-refractivity contribution is 0.0474. The summed E-state index contributed by atoms with van der Waals surface area (Å²) in [4.78, 5) is 29.9. The summed E-state index contributed by atoms with van der Waals surface area (Å²) in [5.41, 5.74) is 11.4. The Hall–Kier alpha value is -4.65. The molecule has 0 saturated carbocycles. The highest BCUT2D eigenvalue weighted by atomic mass is 16.5. The van der Waals surface area contributed by atoms with Gasteiger partial charge < -0.3 is 19.9 Å². The van der Waals surface area contributed by atoms with Crippen LogP contribution in [-0.4, -0.2) is 31.1 Å². The minimum Gasteiger partial charge on any atom is -0.493 e. The van der Waals surface area contributed by atoms with Gasteiger partial charge in [-0.1, -0.05) is 36.4 Å². The predicted molar refractivity (Wildman–Crippen MR) is 142 cm³/mol. The van der Waals surface area contributed by atoms with E-state index < -0.39 is 11.9 Å². The molecule has 1 aromatic heterocycles. The van der Waals surface area contributed by atoms with Gasteiger partial charge in [0.05, 0.1) is 31.0 Å². The summed E-state index contributed by atoms with van der Waals surface area (Å²) in [7, 11) is 3.21. The number of primary amides is 1. The van der Waals surface area contributed by atoms with Crippen molar-refractivity contribution in [1.29, 1.82) is 0 Å². The molecule has 0 spiro atoms. The van der Waals surface area contributed by atoms with Crippen molar-refractivity contribution in [1.82, 2.24) is 4.98 Å². The highest BCUT2D eigenvalue weighted by molar-refractivity contribution is 6.07. The summed E-state index contributed by atoms with van der Waals surface area (Å²) in [6.45, 7) is 0.0275. The van der Waals surface area contributed by atoms with Crippen LogP contribution in [0.2, 0.25) is 0 Å². The molecule has 5 rings (SSSR count). The molecule has 4 aromatic rings. The molecule has 1 aliphatic rings. The van der Waals surface area contributed by atoms with E-state index in [2.05, 4.69) is 6.08 Å². The van der Waals surface area contributed by atoms with Gasteiger partial charge in [-0.3, -0.25) is 4.79 Å². The third kappa shape index (κ3) is 4.76. The van der Waals surface area contributed by atoms with E-state index in [0.29, 0.717) is 34.6 Å². The summed E-state index contributed by atoms with van der Waals surface area (Å²) < 4.78 is 16.5. The molecule has 0 bridgehead atoms. The predicted octanol–water partition coefficient (Wildman–Crippen LogP) is 5.19. The first-order valence-electron chi connectivity index (χ1n) is 11.9. The van der Waals surface area contributed by atoms with E-state index in [1.165, 1.54) is 0 Å². The molecule has 37 heavy (non-hydrogen) atoms. The lowest BCUT2D eigenvalue weighted by atomic mass is 10.0. The van der Waals surface area contributed by atoms with Gasteiger partial charge in [0, 0.05) is 10.9 Å². The Bertz CT molecular complexity index is 1560. The van der Waals surface area contributed by atoms with Gasteiger partial charge in [0.15, 0.2) is 11.5 Å². The van der Waals surface area contributed by atoms with Gasteiger partial charge in [0.1, 0.15) is 6.61 Å². The number of hydrogen-bond donors (Lipinski definition) is 1. The van der Waals surface area contributed by atoms with E-state index in [1.54, 1.807) is 38.5 Å². The lowest BCUT2D eigenvalue weighted by Crippen LogP contribution is -2.12. The summed E-state index contributed by atoms with van der Waals surface area (Å²) in [6.07, 6.45) is 3.49. The number of rotatable bonds is 7. The zero-order valence-corrected chi connectivity index (χ0v) is 20.6. The molecule has 3 aromatic carbocycles. The van der Waals surface area contributed by atoms with Crippen LogP contribution >= 0.6 is 0 Å². The minimum absolute atomic E-state index is 0.0275. The van der Waals surface area contributed by atoms with Crippen LogP contribution in [0.15, 0.2) is 66.7 Å². The van der Waals surface area contributed by atoms with Crippen molar-refractivity contribution in [2.75, 3.05) is 14.2 Å². The Morgan fingerprint density at radius 2 is 1.76 bits per heavy atom. The number of nitrogens with zero attached hydrogens (tertiary/aromatic N) is 1. The van der Waals surface area contributed by atoms with Crippen molar-refractivity contribution in [3.63, 3.8) is 0 Å². The highest BCUT2D eigenvalue weighted by Crippen LogP contribution is 2.38. The number of carbonyl (C=O) groups excluding carboxylic acids is 2. The molecule has 0 atom stereocenters. The first-order valence-corrected chi connectivity index (χ1v) is 11.9. The van der Waals surface area contributed by atoms with Crippen molar-refractivity contribution >= 4 is 34.4 Å². The van der Waals surface area contributed by atoms with Gasteiger partial charge in [-0.15, -0.1) is 0 Å². The number of amides is 1. The Kier molecular flexibility index (Phi) is 6.60. The van der Waals surface area contributed by atoms with Crippen LogP contribution in [0.1, 0.15) is 49.5 Å². The molecule has 0 aliphatic heterocycles. The first-order chi connectivity index (χ1) is 18.0. The number of ether oxygens (including phenoxy) is 3. The van der Waals surface area contributed by atoms with E-state index in [1.807, 2.05) is 42.5 Å². The van der Waals surface area contributed by atoms with Crippen molar-refractivity contribution < 1.29 is 23.8 Å². The second-order valence-electron chi connectivity index (χ2n) is 8.76. The van der Waals surface area contributed by atoms with Crippen molar-refractivity contribution in [2.45, 2.75) is 19.4 Å². The number of fused-ring (bicyclic) bond motifs is 2. The number of esters is 1. The topological polar surface area (TPSA) is 101 Å². The van der Waals surface area contributed by atoms with Crippen molar-refractivity contribution in [2.24, 2.45) is 5.73 Å². The fraction of sp³-hybridized carbons (Fsp3) is 0.167. The molecule has 2 N–H and O–H groups in total. The van der Waals surface area contributed by atoms with Gasteiger partial charge >= 0.3 is 5.97 Å². The third-order valence-electron chi connectivity index (χ3n) is 6.48. The smallest absolute Gasteiger partial charge is 0.339 e. The minimum atomic E-state index is -0.528. The average Bonchev–Trinajstić information content (AvgIpc) is 3.32. The molecule has 0 radical (unpaired) electrons. The van der Waals surface area contributed by atoms with Gasteiger partial charge in [-0.25, -0.2) is 9.78 Å². The molecule has 186 valence electrons. The van der Waals surface area contributed by atoms with Crippen molar-refractivity contribution in [3.05, 3.63) is 100 Å². The van der Waals surface area contributed by atoms with Crippen LogP contribution in [0.4, 0.5) is 0 Å². The molecule has 0 saturated heterocycles. The second kappa shape index (κ2) is 10.1. The van der Waals surface area contributed by atoms with E-state index in [-0.39, 0.29) is 6.61 Å². The third-order valence-corrected chi connectivity index (χ3v) is 6.48. The monoisotopic (exact) mass is 494 g/mol. The summed E-state index contributed by atoms with van der Waals surface area (Å²) in [6, 6.07) is 20.1. The number of para-hydroxylation sites is 1. The van der Waals surface area contributed by atoms with Crippen molar-refractivity contribution in [3.8, 4) is 11.5 Å². The number of methoxy groups -OCH3 is 2. The highest BCUT2D eigenvalue weighted by Gasteiger charge is 2.27. The number of pyridine rings is 1. The summed E-state index contributed by atoms with van der Waals surface area (Å²) >= 11 is 0. The van der Waals surface area contributed by atoms with E-state index in [4.69, 9.17) is 24.9 Å². The molecule has 1 amide bonds. The molecule has 1 heterocycles. The van der Waals surface area contributed by atoms with Gasteiger partial charge in [0.2, 0.25) is 5.91 Å². The summed E-state index contributed by atoms with van der Waals surface area (Å²) in [5.74, 6) is 0.352. The maximum atomic E-state index is 13.4. The van der Waals surface area contributed by atoms with Crippen LogP contribution < -0.4 is 15.2 Å². The number of carbonyl (C=O) groups is 2.